The van der Waals surface area contributed by atoms with Crippen molar-refractivity contribution in [2.24, 2.45) is 5.84 Å². The molecule has 1 aromatic heterocycles. The van der Waals surface area contributed by atoms with Crippen molar-refractivity contribution in [1.82, 2.24) is 10.4 Å². The molecule has 0 aliphatic rings. The SMILES string of the molecule is Cc1ccc(SCC(Cc2nc(C)cs2)NN)cc1. The Morgan fingerprint density at radius 1 is 1.32 bits per heavy atom. The fourth-order valence-electron chi connectivity index (χ4n) is 1.70. The van der Waals surface area contributed by atoms with Gasteiger partial charge in [0.2, 0.25) is 0 Å². The van der Waals surface area contributed by atoms with Crippen LogP contribution in [0.1, 0.15) is 16.3 Å². The van der Waals surface area contributed by atoms with Gasteiger partial charge in [0, 0.05) is 34.2 Å². The van der Waals surface area contributed by atoms with E-state index in [1.165, 1.54) is 10.5 Å². The smallest absolute Gasteiger partial charge is 0.0944 e. The van der Waals surface area contributed by atoms with Gasteiger partial charge in [-0.2, -0.15) is 0 Å². The molecule has 2 aromatic rings. The molecule has 1 unspecified atom stereocenters. The van der Waals surface area contributed by atoms with Crippen LogP contribution in [0.3, 0.4) is 0 Å². The van der Waals surface area contributed by atoms with Crippen molar-refractivity contribution in [3.05, 3.63) is 45.9 Å². The molecule has 2 rings (SSSR count). The number of nitrogens with zero attached hydrogens (tertiary/aromatic N) is 1. The van der Waals surface area contributed by atoms with Crippen molar-refractivity contribution in [2.75, 3.05) is 5.75 Å². The third-order valence-corrected chi connectivity index (χ3v) is 4.96. The van der Waals surface area contributed by atoms with E-state index >= 15 is 0 Å². The van der Waals surface area contributed by atoms with E-state index in [1.54, 1.807) is 11.3 Å². The minimum Gasteiger partial charge on any atom is -0.271 e. The van der Waals surface area contributed by atoms with E-state index in [4.69, 9.17) is 5.84 Å². The Morgan fingerprint density at radius 3 is 2.63 bits per heavy atom. The van der Waals surface area contributed by atoms with Gasteiger partial charge in [-0.3, -0.25) is 11.3 Å². The van der Waals surface area contributed by atoms with Crippen LogP contribution in [0, 0.1) is 13.8 Å². The molecule has 0 aliphatic heterocycles. The maximum absolute atomic E-state index is 5.63. The van der Waals surface area contributed by atoms with Crippen LogP contribution >= 0.6 is 23.1 Å². The summed E-state index contributed by atoms with van der Waals surface area (Å²) in [6.07, 6.45) is 0.883. The quantitative estimate of drug-likeness (QED) is 0.488. The Kier molecular flexibility index (Phi) is 5.39. The number of thiazole rings is 1. The van der Waals surface area contributed by atoms with E-state index in [9.17, 15) is 0 Å². The topological polar surface area (TPSA) is 50.9 Å². The average molecular weight is 293 g/mol. The van der Waals surface area contributed by atoms with Crippen LogP contribution in [-0.4, -0.2) is 16.8 Å². The zero-order valence-electron chi connectivity index (χ0n) is 11.2. The third-order valence-electron chi connectivity index (χ3n) is 2.80. The highest BCUT2D eigenvalue weighted by molar-refractivity contribution is 7.99. The molecule has 0 amide bonds. The summed E-state index contributed by atoms with van der Waals surface area (Å²) in [4.78, 5) is 5.76. The molecule has 5 heteroatoms. The molecule has 102 valence electrons. The standard InChI is InChI=1S/C14H19N3S2/c1-10-3-5-13(6-4-10)18-9-12(17-15)7-14-16-11(2)8-19-14/h3-6,8,12,17H,7,9,15H2,1-2H3. The number of aromatic nitrogens is 1. The summed E-state index contributed by atoms with van der Waals surface area (Å²) in [6.45, 7) is 4.12. The first-order valence-electron chi connectivity index (χ1n) is 6.24. The number of hydrogen-bond acceptors (Lipinski definition) is 5. The second-order valence-corrected chi connectivity index (χ2v) is 6.61. The third kappa shape index (κ3) is 4.62. The number of hydrazine groups is 1. The Bertz CT molecular complexity index is 508. The Morgan fingerprint density at radius 2 is 2.05 bits per heavy atom. The fourth-order valence-corrected chi connectivity index (χ4v) is 3.49. The summed E-state index contributed by atoms with van der Waals surface area (Å²) >= 11 is 3.52. The van der Waals surface area contributed by atoms with E-state index in [1.807, 2.05) is 18.7 Å². The molecule has 0 fully saturated rings. The van der Waals surface area contributed by atoms with Crippen LogP contribution in [0.4, 0.5) is 0 Å². The summed E-state index contributed by atoms with van der Waals surface area (Å²) in [5.41, 5.74) is 5.26. The Hall–Kier alpha value is -0.880. The second kappa shape index (κ2) is 7.05. The molecule has 1 aromatic carbocycles. The highest BCUT2D eigenvalue weighted by atomic mass is 32.2. The molecule has 0 saturated carbocycles. The van der Waals surface area contributed by atoms with Gasteiger partial charge >= 0.3 is 0 Å². The van der Waals surface area contributed by atoms with Crippen molar-refractivity contribution in [3.63, 3.8) is 0 Å². The number of benzene rings is 1. The van der Waals surface area contributed by atoms with Gasteiger partial charge < -0.3 is 0 Å². The van der Waals surface area contributed by atoms with E-state index in [0.29, 0.717) is 0 Å². The van der Waals surface area contributed by atoms with Crippen molar-refractivity contribution in [1.29, 1.82) is 0 Å². The minimum absolute atomic E-state index is 0.247. The molecule has 19 heavy (non-hydrogen) atoms. The van der Waals surface area contributed by atoms with E-state index in [2.05, 4.69) is 47.0 Å². The first-order valence-corrected chi connectivity index (χ1v) is 8.10. The molecule has 0 aliphatic carbocycles. The van der Waals surface area contributed by atoms with E-state index in [-0.39, 0.29) is 6.04 Å². The number of nitrogens with one attached hydrogen (secondary N) is 1. The molecule has 1 atom stereocenters. The number of rotatable bonds is 6. The number of nitrogens with two attached hydrogens (primary N) is 1. The molecule has 3 N–H and O–H groups in total. The fraction of sp³-hybridized carbons (Fsp3) is 0.357. The maximum atomic E-state index is 5.63. The van der Waals surface area contributed by atoms with Crippen LogP contribution in [0.15, 0.2) is 34.5 Å². The van der Waals surface area contributed by atoms with Crippen molar-refractivity contribution in [2.45, 2.75) is 31.2 Å². The summed E-state index contributed by atoms with van der Waals surface area (Å²) in [5, 5.41) is 3.22. The van der Waals surface area contributed by atoms with Crippen LogP contribution < -0.4 is 11.3 Å². The largest absolute Gasteiger partial charge is 0.271 e. The average Bonchev–Trinajstić information content (AvgIpc) is 2.82. The number of thioether (sulfide) groups is 1. The van der Waals surface area contributed by atoms with Gasteiger partial charge in [-0.15, -0.1) is 23.1 Å². The predicted molar refractivity (Wildman–Crippen MR) is 83.6 cm³/mol. The van der Waals surface area contributed by atoms with Gasteiger partial charge in [0.15, 0.2) is 0 Å². The first-order chi connectivity index (χ1) is 9.17. The number of hydrogen-bond donors (Lipinski definition) is 2. The summed E-state index contributed by atoms with van der Waals surface area (Å²) in [7, 11) is 0. The summed E-state index contributed by atoms with van der Waals surface area (Å²) in [6, 6.07) is 8.83. The van der Waals surface area contributed by atoms with Gasteiger partial charge in [-0.25, -0.2) is 4.98 Å². The van der Waals surface area contributed by atoms with Gasteiger partial charge in [-0.05, 0) is 26.0 Å². The molecular weight excluding hydrogens is 274 g/mol. The van der Waals surface area contributed by atoms with E-state index in [0.717, 1.165) is 22.9 Å². The van der Waals surface area contributed by atoms with E-state index < -0.39 is 0 Å². The molecule has 0 saturated heterocycles. The monoisotopic (exact) mass is 293 g/mol. The number of aryl methyl sites for hydroxylation is 2. The van der Waals surface area contributed by atoms with Crippen LogP contribution in [0.25, 0.3) is 0 Å². The Balaban J connectivity index is 1.87. The van der Waals surface area contributed by atoms with Gasteiger partial charge in [0.05, 0.1) is 5.01 Å². The lowest BCUT2D eigenvalue weighted by Crippen LogP contribution is -2.38. The molecule has 0 spiro atoms. The predicted octanol–water partition coefficient (Wildman–Crippen LogP) is 2.93. The van der Waals surface area contributed by atoms with Crippen molar-refractivity contribution < 1.29 is 0 Å². The zero-order valence-corrected chi connectivity index (χ0v) is 12.9. The van der Waals surface area contributed by atoms with Crippen LogP contribution in [0.5, 0.6) is 0 Å². The molecule has 3 nitrogen and oxygen atoms in total. The highest BCUT2D eigenvalue weighted by Crippen LogP contribution is 2.20. The summed E-state index contributed by atoms with van der Waals surface area (Å²) in [5.74, 6) is 6.57. The molecule has 0 bridgehead atoms. The van der Waals surface area contributed by atoms with Gasteiger partial charge in [0.25, 0.3) is 0 Å². The molecule has 0 radical (unpaired) electrons. The minimum atomic E-state index is 0.247. The highest BCUT2D eigenvalue weighted by Gasteiger charge is 2.10. The zero-order chi connectivity index (χ0) is 13.7. The summed E-state index contributed by atoms with van der Waals surface area (Å²) < 4.78 is 0. The lowest BCUT2D eigenvalue weighted by Gasteiger charge is -2.14. The van der Waals surface area contributed by atoms with Crippen LogP contribution in [-0.2, 0) is 6.42 Å². The lowest BCUT2D eigenvalue weighted by molar-refractivity contribution is 0.574. The molecular formula is C14H19N3S2. The second-order valence-electron chi connectivity index (χ2n) is 4.57. The maximum Gasteiger partial charge on any atom is 0.0944 e. The lowest BCUT2D eigenvalue weighted by atomic mass is 10.2. The van der Waals surface area contributed by atoms with Gasteiger partial charge in [0.1, 0.15) is 0 Å². The van der Waals surface area contributed by atoms with Crippen LogP contribution in [0.2, 0.25) is 0 Å². The van der Waals surface area contributed by atoms with Crippen molar-refractivity contribution >= 4 is 23.1 Å². The Labute approximate surface area is 122 Å². The first kappa shape index (κ1) is 14.5. The normalized spacial score (nSPS) is 12.6. The van der Waals surface area contributed by atoms with Gasteiger partial charge in [-0.1, -0.05) is 17.7 Å². The van der Waals surface area contributed by atoms with Crippen molar-refractivity contribution in [3.8, 4) is 0 Å². The molecule has 1 heterocycles.